The molecule has 6 aliphatic rings. The predicted molar refractivity (Wildman–Crippen MR) is 185 cm³/mol. The molecule has 0 unspecified atom stereocenters. The minimum Gasteiger partial charge on any atom is -0.543 e. The molecule has 14 heteroatoms. The third-order valence-corrected chi connectivity index (χ3v) is 14.3. The molecule has 2 aromatic carbocycles. The van der Waals surface area contributed by atoms with Crippen molar-refractivity contribution in [3.05, 3.63) is 71.6 Å². The number of hydrogen-bond acceptors (Lipinski definition) is 7. The van der Waals surface area contributed by atoms with Crippen molar-refractivity contribution in [2.24, 2.45) is 18.9 Å². The maximum atomic E-state index is 14.1. The number of fused-ring (bicyclic) bond motifs is 4. The zero-order chi connectivity index (χ0) is 36.0. The highest BCUT2D eigenvalue weighted by molar-refractivity contribution is 7.93. The molecule has 2 N–H and O–H groups in total. The summed E-state index contributed by atoms with van der Waals surface area (Å²) in [5, 5.41) is 27.1. The van der Waals surface area contributed by atoms with E-state index in [4.69, 9.17) is 0 Å². The van der Waals surface area contributed by atoms with Crippen LogP contribution >= 0.6 is 0 Å². The molecular formula is C37H44N6O7S+2. The number of amides is 2. The lowest BCUT2D eigenvalue weighted by molar-refractivity contribution is -1.08. The van der Waals surface area contributed by atoms with E-state index in [0.29, 0.717) is 23.2 Å². The van der Waals surface area contributed by atoms with Gasteiger partial charge in [-0.1, -0.05) is 31.2 Å². The summed E-state index contributed by atoms with van der Waals surface area (Å²) in [7, 11) is -2.11. The van der Waals surface area contributed by atoms with Gasteiger partial charge in [-0.15, -0.1) is 0 Å². The zero-order valence-corrected chi connectivity index (χ0v) is 29.9. The van der Waals surface area contributed by atoms with E-state index >= 15 is 0 Å². The van der Waals surface area contributed by atoms with Crippen LogP contribution in [0.15, 0.2) is 70.9 Å². The number of nitrogens with zero attached hydrogens (tertiary/aromatic N) is 5. The second kappa shape index (κ2) is 11.8. The lowest BCUT2D eigenvalue weighted by Crippen LogP contribution is -2.76. The fraction of sp³-hybridized carbons (Fsp3) is 0.459. The van der Waals surface area contributed by atoms with E-state index in [2.05, 4.69) is 5.32 Å². The van der Waals surface area contributed by atoms with Crippen molar-refractivity contribution in [1.82, 2.24) is 4.90 Å². The van der Waals surface area contributed by atoms with Gasteiger partial charge in [-0.2, -0.15) is 0 Å². The lowest BCUT2D eigenvalue weighted by atomic mass is 9.78. The van der Waals surface area contributed by atoms with E-state index in [0.717, 1.165) is 82.9 Å². The number of benzene rings is 2. The number of rotatable bonds is 10. The molecule has 1 aromatic heterocycles. The van der Waals surface area contributed by atoms with Crippen LogP contribution in [0.25, 0.3) is 10.8 Å². The summed E-state index contributed by atoms with van der Waals surface area (Å²) >= 11 is 0. The molecule has 4 fully saturated rings. The van der Waals surface area contributed by atoms with E-state index in [1.165, 1.54) is 11.2 Å². The van der Waals surface area contributed by atoms with Crippen LogP contribution in [0, 0.1) is 11.8 Å². The van der Waals surface area contributed by atoms with Crippen molar-refractivity contribution in [2.45, 2.75) is 37.3 Å². The minimum atomic E-state index is -4.03. The first-order chi connectivity index (χ1) is 24.3. The predicted octanol–water partition coefficient (Wildman–Crippen LogP) is -0.123. The van der Waals surface area contributed by atoms with E-state index in [9.17, 15) is 33.0 Å². The Morgan fingerprint density at radius 2 is 1.75 bits per heavy atom. The van der Waals surface area contributed by atoms with E-state index in [1.54, 1.807) is 19.1 Å². The van der Waals surface area contributed by atoms with Gasteiger partial charge in [0.05, 0.1) is 66.6 Å². The number of carboxylic acids is 1. The summed E-state index contributed by atoms with van der Waals surface area (Å²) in [6.07, 6.45) is 1.71. The van der Waals surface area contributed by atoms with Crippen molar-refractivity contribution in [3.63, 3.8) is 0 Å². The van der Waals surface area contributed by atoms with E-state index < -0.39 is 45.9 Å². The second-order valence-electron chi connectivity index (χ2n) is 15.3. The Morgan fingerprint density at radius 1 is 1.04 bits per heavy atom. The number of hydrogen-bond donors (Lipinski definition) is 2. The van der Waals surface area contributed by atoms with Gasteiger partial charge in [0.25, 0.3) is 15.8 Å². The summed E-state index contributed by atoms with van der Waals surface area (Å²) in [5.41, 5.74) is 1.56. The number of pyridine rings is 1. The Labute approximate surface area is 297 Å². The molecule has 268 valence electrons. The number of piperazine rings is 3. The topological polar surface area (TPSA) is 151 Å². The van der Waals surface area contributed by atoms with Gasteiger partial charge in [0.15, 0.2) is 6.54 Å². The molecule has 2 bridgehead atoms. The van der Waals surface area contributed by atoms with Crippen molar-refractivity contribution in [1.29, 1.82) is 0 Å². The number of aromatic nitrogens is 1. The largest absolute Gasteiger partial charge is 0.543 e. The number of aliphatic hydroxyl groups excluding tert-OH is 1. The first-order valence-corrected chi connectivity index (χ1v) is 19.2. The van der Waals surface area contributed by atoms with Gasteiger partial charge in [-0.25, -0.2) is 23.1 Å². The highest BCUT2D eigenvalue weighted by Crippen LogP contribution is 2.50. The van der Waals surface area contributed by atoms with Crippen LogP contribution in [0.3, 0.4) is 0 Å². The van der Waals surface area contributed by atoms with Crippen molar-refractivity contribution in [2.75, 3.05) is 68.5 Å². The molecule has 4 saturated heterocycles. The smallest absolute Gasteiger partial charge is 0.362 e. The molecule has 6 aliphatic heterocycles. The highest BCUT2D eigenvalue weighted by atomic mass is 32.2. The SMILES string of the molecule is C[C@@H](O)[C@H]1C(=O)N2C(C(=O)[O-])=C(CN3c4cccc5c(CC[N+]67CC[N+](CC(=O)Nc8cccc[n+]8C)(CC6)CC7)ccc(c45)S3(=O)=O)[C@H](C)[C@H]12. The molecule has 2 amide bonds. The number of nitrogens with one attached hydrogen (secondary N) is 1. The minimum absolute atomic E-state index is 0.0346. The Hall–Kier alpha value is -4.37. The number of aliphatic hydroxyl groups is 1. The number of sulfonamides is 1. The van der Waals surface area contributed by atoms with Crippen molar-refractivity contribution in [3.8, 4) is 0 Å². The molecule has 0 aliphatic carbocycles. The van der Waals surface area contributed by atoms with Gasteiger partial charge in [0, 0.05) is 23.8 Å². The number of carboxylic acid groups (broad SMARTS) is 1. The number of aryl methyl sites for hydroxylation is 1. The summed E-state index contributed by atoms with van der Waals surface area (Å²) in [6, 6.07) is 14.3. The summed E-state index contributed by atoms with van der Waals surface area (Å²) in [5.74, 6) is -2.44. The Morgan fingerprint density at radius 3 is 2.41 bits per heavy atom. The molecule has 9 rings (SSSR count). The van der Waals surface area contributed by atoms with Gasteiger partial charge in [-0.3, -0.25) is 13.6 Å². The summed E-state index contributed by atoms with van der Waals surface area (Å²) < 4.78 is 33.1. The lowest BCUT2D eigenvalue weighted by Gasteiger charge is -2.55. The number of aliphatic carboxylic acids is 1. The van der Waals surface area contributed by atoms with Gasteiger partial charge in [-0.05, 0) is 41.6 Å². The van der Waals surface area contributed by atoms with Crippen molar-refractivity contribution >= 4 is 50.1 Å². The average Bonchev–Trinajstić information content (AvgIpc) is 3.47. The third kappa shape index (κ3) is 5.17. The monoisotopic (exact) mass is 716 g/mol. The maximum Gasteiger partial charge on any atom is 0.362 e. The Balaban J connectivity index is 0.998. The highest BCUT2D eigenvalue weighted by Gasteiger charge is 2.59. The normalized spacial score (nSPS) is 29.3. The van der Waals surface area contributed by atoms with Crippen LogP contribution in [0.4, 0.5) is 11.5 Å². The van der Waals surface area contributed by atoms with Crippen LogP contribution in [0.2, 0.25) is 0 Å². The number of anilines is 2. The summed E-state index contributed by atoms with van der Waals surface area (Å²) in [6.45, 7) is 10.2. The molecule has 51 heavy (non-hydrogen) atoms. The fourth-order valence-electron chi connectivity index (χ4n) is 9.49. The number of quaternary nitrogens is 2. The van der Waals surface area contributed by atoms with Gasteiger partial charge in [0.1, 0.15) is 39.3 Å². The fourth-order valence-corrected chi connectivity index (χ4v) is 11.2. The van der Waals surface area contributed by atoms with Crippen LogP contribution in [0.5, 0.6) is 0 Å². The van der Waals surface area contributed by atoms with Crippen LogP contribution in [0.1, 0.15) is 19.4 Å². The van der Waals surface area contributed by atoms with Gasteiger partial charge in [0.2, 0.25) is 5.91 Å². The number of β-lactam (4-membered cyclic amide) rings is 1. The number of carbonyl (C=O) groups excluding carboxylic acids is 3. The van der Waals surface area contributed by atoms with Crippen LogP contribution < -0.4 is 19.3 Å². The molecule has 13 nitrogen and oxygen atoms in total. The molecular weight excluding hydrogens is 673 g/mol. The molecule has 7 heterocycles. The van der Waals surface area contributed by atoms with Crippen LogP contribution in [-0.2, 0) is 37.9 Å². The second-order valence-corrected chi connectivity index (χ2v) is 17.1. The molecule has 4 atom stereocenters. The standard InChI is InChI=1S/C37H43N6O7S/c1-23-27(35(37(47)48)41-34(23)32(24(2)44)36(41)46)21-40-28-8-6-7-26-25(10-11-29(33(26)28)51(40,49)50)12-14-42-15-18-43(19-16-42,20-17-42)22-31(45)38-30-9-4-5-13-39(30)3/h4-11,13,23-24,32,34,44H,12,14-22H2,1-3H3/q+1/p+1/t23-,24+,32+,34+,42?,43?/m0/s1. The first-order valence-electron chi connectivity index (χ1n) is 17.7. The van der Waals surface area contributed by atoms with Crippen molar-refractivity contribution < 1.29 is 46.5 Å². The average molecular weight is 717 g/mol. The summed E-state index contributed by atoms with van der Waals surface area (Å²) in [4.78, 5) is 39.6. The zero-order valence-electron chi connectivity index (χ0n) is 29.1. The molecule has 3 aromatic rings. The molecule has 0 spiro atoms. The van der Waals surface area contributed by atoms with Gasteiger partial charge < -0.3 is 24.4 Å². The van der Waals surface area contributed by atoms with Gasteiger partial charge >= 0.3 is 5.91 Å². The quantitative estimate of drug-likeness (QED) is 0.169. The van der Waals surface area contributed by atoms with Crippen LogP contribution in [-0.4, -0.2) is 116 Å². The first kappa shape index (κ1) is 33.8. The van der Waals surface area contributed by atoms with E-state index in [-0.39, 0.29) is 23.0 Å². The Kier molecular flexibility index (Phi) is 7.83. The third-order valence-electron chi connectivity index (χ3n) is 12.5. The maximum absolute atomic E-state index is 14.1. The van der Waals surface area contributed by atoms with E-state index in [1.807, 2.05) is 54.2 Å². The number of carbonyl (C=O) groups is 3. The molecule has 0 saturated carbocycles. The Bertz CT molecular complexity index is 2120. The molecule has 0 radical (unpaired) electrons.